The SMILES string of the molecule is Cc1nn(C2CCCN2C)c(C)c1CCC(=O)O. The van der Waals surface area contributed by atoms with E-state index in [9.17, 15) is 4.79 Å². The number of aliphatic carboxylic acids is 1. The van der Waals surface area contributed by atoms with Gasteiger partial charge in [0.15, 0.2) is 0 Å². The molecule has 0 amide bonds. The van der Waals surface area contributed by atoms with Gasteiger partial charge in [-0.1, -0.05) is 0 Å². The maximum atomic E-state index is 10.7. The van der Waals surface area contributed by atoms with E-state index in [4.69, 9.17) is 5.11 Å². The Morgan fingerprint density at radius 2 is 2.22 bits per heavy atom. The van der Waals surface area contributed by atoms with Gasteiger partial charge in [-0.05, 0) is 52.3 Å². The van der Waals surface area contributed by atoms with Gasteiger partial charge in [-0.25, -0.2) is 0 Å². The molecule has 2 rings (SSSR count). The van der Waals surface area contributed by atoms with Crippen LogP contribution in [-0.4, -0.2) is 39.3 Å². The third-order valence-corrected chi connectivity index (χ3v) is 3.83. The molecule has 18 heavy (non-hydrogen) atoms. The minimum atomic E-state index is -0.750. The number of hydrogen-bond donors (Lipinski definition) is 1. The Hall–Kier alpha value is -1.36. The zero-order valence-corrected chi connectivity index (χ0v) is 11.3. The normalized spacial score (nSPS) is 20.5. The molecular formula is C13H21N3O2. The van der Waals surface area contributed by atoms with Gasteiger partial charge in [-0.2, -0.15) is 5.10 Å². The number of carboxylic acids is 1. The highest BCUT2D eigenvalue weighted by Crippen LogP contribution is 2.28. The maximum absolute atomic E-state index is 10.7. The summed E-state index contributed by atoms with van der Waals surface area (Å²) in [5.41, 5.74) is 3.18. The van der Waals surface area contributed by atoms with E-state index in [0.29, 0.717) is 12.6 Å². The van der Waals surface area contributed by atoms with Crippen molar-refractivity contribution >= 4 is 5.97 Å². The van der Waals surface area contributed by atoms with E-state index >= 15 is 0 Å². The Labute approximate surface area is 107 Å². The van der Waals surface area contributed by atoms with Crippen LogP contribution >= 0.6 is 0 Å². The Morgan fingerprint density at radius 1 is 1.50 bits per heavy atom. The smallest absolute Gasteiger partial charge is 0.303 e. The highest BCUT2D eigenvalue weighted by molar-refractivity contribution is 5.67. The summed E-state index contributed by atoms with van der Waals surface area (Å²) in [6, 6.07) is 0. The first-order valence-electron chi connectivity index (χ1n) is 6.47. The maximum Gasteiger partial charge on any atom is 0.303 e. The van der Waals surface area contributed by atoms with Crippen molar-refractivity contribution in [3.63, 3.8) is 0 Å². The first-order chi connectivity index (χ1) is 8.50. The second kappa shape index (κ2) is 5.10. The molecule has 0 radical (unpaired) electrons. The molecule has 100 valence electrons. The second-order valence-corrected chi connectivity index (χ2v) is 5.09. The molecule has 1 N–H and O–H groups in total. The molecule has 0 aromatic carbocycles. The molecule has 1 saturated heterocycles. The number of hydrogen-bond acceptors (Lipinski definition) is 3. The highest BCUT2D eigenvalue weighted by Gasteiger charge is 2.26. The van der Waals surface area contributed by atoms with Crippen molar-refractivity contribution in [1.82, 2.24) is 14.7 Å². The zero-order chi connectivity index (χ0) is 13.3. The van der Waals surface area contributed by atoms with Crippen LogP contribution in [0.4, 0.5) is 0 Å². The van der Waals surface area contributed by atoms with Crippen molar-refractivity contribution in [2.75, 3.05) is 13.6 Å². The Morgan fingerprint density at radius 3 is 2.78 bits per heavy atom. The van der Waals surface area contributed by atoms with Crippen LogP contribution in [0.25, 0.3) is 0 Å². The number of aromatic nitrogens is 2. The molecule has 1 aromatic rings. The van der Waals surface area contributed by atoms with E-state index in [0.717, 1.165) is 29.9 Å². The van der Waals surface area contributed by atoms with Gasteiger partial charge in [0.25, 0.3) is 0 Å². The van der Waals surface area contributed by atoms with Crippen molar-refractivity contribution in [2.24, 2.45) is 0 Å². The highest BCUT2D eigenvalue weighted by atomic mass is 16.4. The topological polar surface area (TPSA) is 58.4 Å². The number of carbonyl (C=O) groups is 1. The molecule has 1 unspecified atom stereocenters. The fourth-order valence-corrected chi connectivity index (χ4v) is 2.78. The fraction of sp³-hybridized carbons (Fsp3) is 0.692. The van der Waals surface area contributed by atoms with Crippen LogP contribution in [0.15, 0.2) is 0 Å². The van der Waals surface area contributed by atoms with Crippen LogP contribution in [-0.2, 0) is 11.2 Å². The van der Waals surface area contributed by atoms with E-state index in [1.807, 2.05) is 13.8 Å². The lowest BCUT2D eigenvalue weighted by molar-refractivity contribution is -0.136. The van der Waals surface area contributed by atoms with E-state index in [-0.39, 0.29) is 6.42 Å². The van der Waals surface area contributed by atoms with E-state index in [1.165, 1.54) is 6.42 Å². The lowest BCUT2D eigenvalue weighted by Gasteiger charge is -2.21. The molecule has 0 aliphatic carbocycles. The van der Waals surface area contributed by atoms with Gasteiger partial charge in [0.2, 0.25) is 0 Å². The minimum absolute atomic E-state index is 0.174. The Kier molecular flexibility index (Phi) is 3.71. The first kappa shape index (κ1) is 13.1. The van der Waals surface area contributed by atoms with E-state index < -0.39 is 5.97 Å². The van der Waals surface area contributed by atoms with Gasteiger partial charge in [0.1, 0.15) is 6.17 Å². The van der Waals surface area contributed by atoms with Gasteiger partial charge >= 0.3 is 5.97 Å². The molecule has 1 aliphatic heterocycles. The number of nitrogens with zero attached hydrogens (tertiary/aromatic N) is 3. The van der Waals surface area contributed by atoms with Gasteiger partial charge in [-0.3, -0.25) is 14.4 Å². The van der Waals surface area contributed by atoms with Crippen LogP contribution in [0.3, 0.4) is 0 Å². The lowest BCUT2D eigenvalue weighted by Crippen LogP contribution is -2.24. The van der Waals surface area contributed by atoms with Crippen LogP contribution in [0, 0.1) is 13.8 Å². The second-order valence-electron chi connectivity index (χ2n) is 5.09. The number of likely N-dealkylation sites (tertiary alicyclic amines) is 1. The molecule has 5 nitrogen and oxygen atoms in total. The fourth-order valence-electron chi connectivity index (χ4n) is 2.78. The molecule has 1 fully saturated rings. The van der Waals surface area contributed by atoms with Crippen LogP contribution in [0.5, 0.6) is 0 Å². The number of carboxylic acid groups (broad SMARTS) is 1. The third-order valence-electron chi connectivity index (χ3n) is 3.83. The van der Waals surface area contributed by atoms with Gasteiger partial charge in [-0.15, -0.1) is 0 Å². The van der Waals surface area contributed by atoms with Gasteiger partial charge in [0, 0.05) is 12.1 Å². The van der Waals surface area contributed by atoms with E-state index in [2.05, 4.69) is 21.7 Å². The van der Waals surface area contributed by atoms with Gasteiger partial charge < -0.3 is 5.11 Å². The Balaban J connectivity index is 2.22. The molecule has 2 heterocycles. The quantitative estimate of drug-likeness (QED) is 0.885. The number of rotatable bonds is 4. The average Bonchev–Trinajstić information content (AvgIpc) is 2.81. The van der Waals surface area contributed by atoms with Crippen LogP contribution in [0.1, 0.15) is 42.4 Å². The van der Waals surface area contributed by atoms with Crippen LogP contribution < -0.4 is 0 Å². The summed E-state index contributed by atoms with van der Waals surface area (Å²) in [6.45, 7) is 5.12. The van der Waals surface area contributed by atoms with Crippen molar-refractivity contribution in [3.8, 4) is 0 Å². The standard InChI is InChI=1S/C13H21N3O2/c1-9-11(6-7-13(17)18)10(2)16(14-9)12-5-4-8-15(12)3/h12H,4-8H2,1-3H3,(H,17,18). The molecule has 5 heteroatoms. The van der Waals surface area contributed by atoms with Crippen LogP contribution in [0.2, 0.25) is 0 Å². The molecule has 0 saturated carbocycles. The lowest BCUT2D eigenvalue weighted by atomic mass is 10.1. The first-order valence-corrected chi connectivity index (χ1v) is 6.47. The van der Waals surface area contributed by atoms with Crippen molar-refractivity contribution in [2.45, 2.75) is 45.7 Å². The van der Waals surface area contributed by atoms with Crippen molar-refractivity contribution < 1.29 is 9.90 Å². The molecule has 1 aromatic heterocycles. The molecule has 1 aliphatic rings. The predicted octanol–water partition coefficient (Wildman–Crippen LogP) is 1.74. The van der Waals surface area contributed by atoms with Crippen molar-refractivity contribution in [3.05, 3.63) is 17.0 Å². The van der Waals surface area contributed by atoms with Crippen molar-refractivity contribution in [1.29, 1.82) is 0 Å². The summed E-state index contributed by atoms with van der Waals surface area (Å²) in [4.78, 5) is 13.0. The minimum Gasteiger partial charge on any atom is -0.481 e. The molecule has 0 spiro atoms. The molecular weight excluding hydrogens is 230 g/mol. The zero-order valence-electron chi connectivity index (χ0n) is 11.3. The Bertz CT molecular complexity index is 453. The van der Waals surface area contributed by atoms with Gasteiger partial charge in [0.05, 0.1) is 5.69 Å². The summed E-state index contributed by atoms with van der Waals surface area (Å²) >= 11 is 0. The largest absolute Gasteiger partial charge is 0.481 e. The van der Waals surface area contributed by atoms with E-state index in [1.54, 1.807) is 0 Å². The molecule has 0 bridgehead atoms. The third kappa shape index (κ3) is 2.41. The number of aryl methyl sites for hydroxylation is 1. The summed E-state index contributed by atoms with van der Waals surface area (Å²) in [5, 5.41) is 13.4. The monoisotopic (exact) mass is 251 g/mol. The molecule has 1 atom stereocenters. The summed E-state index contributed by atoms with van der Waals surface area (Å²) in [6.07, 6.45) is 3.40. The summed E-state index contributed by atoms with van der Waals surface area (Å²) in [7, 11) is 2.12. The predicted molar refractivity (Wildman–Crippen MR) is 68.6 cm³/mol. The summed E-state index contributed by atoms with van der Waals surface area (Å²) in [5.74, 6) is -0.750. The average molecular weight is 251 g/mol. The summed E-state index contributed by atoms with van der Waals surface area (Å²) < 4.78 is 2.07.